The number of alkyl carbamates (subject to hydrolysis) is 1. The van der Waals surface area contributed by atoms with Crippen LogP contribution in [0.2, 0.25) is 0 Å². The van der Waals surface area contributed by atoms with E-state index in [1.807, 2.05) is 50.2 Å². The number of carbonyl (C=O) groups is 3. The molecule has 0 heterocycles. The average molecular weight is 437 g/mol. The molecule has 1 atom stereocenters. The number of rotatable bonds is 8. The van der Waals surface area contributed by atoms with E-state index in [-0.39, 0.29) is 30.8 Å². The fourth-order valence-electron chi connectivity index (χ4n) is 4.31. The molecule has 0 bridgehead atoms. The van der Waals surface area contributed by atoms with Crippen molar-refractivity contribution in [3.63, 3.8) is 0 Å². The third-order valence-electron chi connectivity index (χ3n) is 6.39. The van der Waals surface area contributed by atoms with Crippen molar-refractivity contribution in [1.29, 1.82) is 0 Å². The number of benzene rings is 2. The molecule has 0 spiro atoms. The first-order valence-electron chi connectivity index (χ1n) is 11.0. The first-order chi connectivity index (χ1) is 15.3. The lowest BCUT2D eigenvalue weighted by atomic mass is 9.98. The van der Waals surface area contributed by atoms with Crippen molar-refractivity contribution in [1.82, 2.24) is 10.6 Å². The molecule has 2 aromatic carbocycles. The Labute approximate surface area is 187 Å². The molecular weight excluding hydrogens is 408 g/mol. The van der Waals surface area contributed by atoms with Gasteiger partial charge in [0.1, 0.15) is 12.1 Å². The maximum absolute atomic E-state index is 12.8. The van der Waals surface area contributed by atoms with Crippen molar-refractivity contribution in [3.05, 3.63) is 59.7 Å². The Morgan fingerprint density at radius 2 is 1.59 bits per heavy atom. The minimum atomic E-state index is -1.02. The molecule has 0 radical (unpaired) electrons. The van der Waals surface area contributed by atoms with Crippen LogP contribution >= 0.6 is 0 Å². The highest BCUT2D eigenvalue weighted by Gasteiger charge is 2.52. The van der Waals surface area contributed by atoms with Gasteiger partial charge in [0.05, 0.1) is 6.42 Å². The molecule has 3 N–H and O–H groups in total. The van der Waals surface area contributed by atoms with E-state index in [4.69, 9.17) is 9.84 Å². The van der Waals surface area contributed by atoms with Gasteiger partial charge in [0.25, 0.3) is 0 Å². The number of aliphatic carboxylic acids is 1. The predicted molar refractivity (Wildman–Crippen MR) is 119 cm³/mol. The summed E-state index contributed by atoms with van der Waals surface area (Å²) in [6.07, 6.45) is 0.200. The number of hydrogen-bond donors (Lipinski definition) is 3. The van der Waals surface area contributed by atoms with Crippen molar-refractivity contribution < 1.29 is 24.2 Å². The smallest absolute Gasteiger partial charge is 0.408 e. The van der Waals surface area contributed by atoms with Crippen LogP contribution < -0.4 is 10.6 Å². The molecule has 7 heteroatoms. The normalized spacial score (nSPS) is 16.6. The van der Waals surface area contributed by atoms with E-state index in [0.29, 0.717) is 12.8 Å². The maximum atomic E-state index is 12.8. The molecule has 0 saturated heterocycles. The van der Waals surface area contributed by atoms with Gasteiger partial charge in [-0.2, -0.15) is 0 Å². The zero-order chi connectivity index (χ0) is 22.9. The molecule has 4 rings (SSSR count). The van der Waals surface area contributed by atoms with E-state index < -0.39 is 23.6 Å². The lowest BCUT2D eigenvalue weighted by Gasteiger charge is -2.24. The number of carboxylic acid groups (broad SMARTS) is 1. The van der Waals surface area contributed by atoms with Crippen LogP contribution in [0.25, 0.3) is 11.1 Å². The predicted octanol–water partition coefficient (Wildman–Crippen LogP) is 3.67. The molecule has 1 saturated carbocycles. The molecule has 0 aromatic heterocycles. The van der Waals surface area contributed by atoms with E-state index >= 15 is 0 Å². The van der Waals surface area contributed by atoms with Crippen LogP contribution in [-0.2, 0) is 14.3 Å². The van der Waals surface area contributed by atoms with Gasteiger partial charge in [-0.25, -0.2) is 4.79 Å². The summed E-state index contributed by atoms with van der Waals surface area (Å²) in [4.78, 5) is 36.4. The summed E-state index contributed by atoms with van der Waals surface area (Å²) in [5, 5.41) is 14.6. The zero-order valence-electron chi connectivity index (χ0n) is 18.3. The monoisotopic (exact) mass is 436 g/mol. The van der Waals surface area contributed by atoms with Gasteiger partial charge in [0.15, 0.2) is 0 Å². The number of hydrogen-bond acceptors (Lipinski definition) is 4. The highest BCUT2D eigenvalue weighted by Crippen LogP contribution is 2.44. The minimum Gasteiger partial charge on any atom is -0.481 e. The molecule has 168 valence electrons. The quantitative estimate of drug-likeness (QED) is 0.586. The minimum absolute atomic E-state index is 0.0414. The van der Waals surface area contributed by atoms with Crippen LogP contribution in [0.4, 0.5) is 4.79 Å². The van der Waals surface area contributed by atoms with Crippen LogP contribution in [0.5, 0.6) is 0 Å². The Bertz CT molecular complexity index is 999. The SMILES string of the molecule is CC(C)[C@H](CC(=O)O)NC(=O)C1(NC(=O)OCC2c3ccccc3-c3ccccc32)CC1. The number of fused-ring (bicyclic) bond motifs is 3. The molecule has 2 aliphatic rings. The summed E-state index contributed by atoms with van der Waals surface area (Å²) in [5.74, 6) is -1.43. The standard InChI is InChI=1S/C25H28N2O5/c1-15(2)21(13-22(28)29)26-23(30)25(11-12-25)27-24(31)32-14-20-18-9-5-3-7-16(18)17-8-4-6-10-19(17)20/h3-10,15,20-21H,11-14H2,1-2H3,(H,26,30)(H,27,31)(H,28,29)/t21-/m0/s1. The third-order valence-corrected chi connectivity index (χ3v) is 6.39. The van der Waals surface area contributed by atoms with E-state index in [2.05, 4.69) is 22.8 Å². The van der Waals surface area contributed by atoms with Gasteiger partial charge in [-0.05, 0) is 41.0 Å². The van der Waals surface area contributed by atoms with Crippen LogP contribution in [-0.4, -0.2) is 41.3 Å². The Kier molecular flexibility index (Phi) is 5.91. The van der Waals surface area contributed by atoms with Gasteiger partial charge in [0, 0.05) is 12.0 Å². The summed E-state index contributed by atoms with van der Waals surface area (Å²) in [6.45, 7) is 3.88. The van der Waals surface area contributed by atoms with Crippen LogP contribution in [0.15, 0.2) is 48.5 Å². The Hall–Kier alpha value is -3.35. The molecule has 0 aliphatic heterocycles. The lowest BCUT2D eigenvalue weighted by molar-refractivity contribution is -0.138. The molecule has 7 nitrogen and oxygen atoms in total. The van der Waals surface area contributed by atoms with Crippen LogP contribution in [0, 0.1) is 5.92 Å². The number of ether oxygens (including phenoxy) is 1. The fourth-order valence-corrected chi connectivity index (χ4v) is 4.31. The van der Waals surface area contributed by atoms with E-state index in [0.717, 1.165) is 22.3 Å². The van der Waals surface area contributed by atoms with Gasteiger partial charge >= 0.3 is 12.1 Å². The number of carboxylic acids is 1. The Morgan fingerprint density at radius 1 is 1.03 bits per heavy atom. The third kappa shape index (κ3) is 4.33. The Morgan fingerprint density at radius 3 is 2.09 bits per heavy atom. The van der Waals surface area contributed by atoms with E-state index in [1.165, 1.54) is 0 Å². The highest BCUT2D eigenvalue weighted by atomic mass is 16.5. The first-order valence-corrected chi connectivity index (χ1v) is 11.0. The second-order valence-electron chi connectivity index (χ2n) is 8.95. The summed E-state index contributed by atoms with van der Waals surface area (Å²) < 4.78 is 5.56. The molecule has 0 unspecified atom stereocenters. The molecular formula is C25H28N2O5. The summed E-state index contributed by atoms with van der Waals surface area (Å²) in [7, 11) is 0. The van der Waals surface area contributed by atoms with Gasteiger partial charge in [0.2, 0.25) is 5.91 Å². The maximum Gasteiger partial charge on any atom is 0.408 e. The zero-order valence-corrected chi connectivity index (χ0v) is 18.3. The van der Waals surface area contributed by atoms with Gasteiger partial charge in [-0.15, -0.1) is 0 Å². The molecule has 2 aromatic rings. The Balaban J connectivity index is 1.38. The molecule has 2 amide bonds. The second kappa shape index (κ2) is 8.65. The summed E-state index contributed by atoms with van der Waals surface area (Å²) >= 11 is 0. The van der Waals surface area contributed by atoms with Crippen LogP contribution in [0.1, 0.15) is 50.2 Å². The average Bonchev–Trinajstić information content (AvgIpc) is 3.47. The van der Waals surface area contributed by atoms with Crippen molar-refractivity contribution in [2.24, 2.45) is 5.92 Å². The van der Waals surface area contributed by atoms with Crippen molar-refractivity contribution >= 4 is 18.0 Å². The van der Waals surface area contributed by atoms with Crippen LogP contribution in [0.3, 0.4) is 0 Å². The molecule has 32 heavy (non-hydrogen) atoms. The van der Waals surface area contributed by atoms with Crippen molar-refractivity contribution in [2.45, 2.75) is 50.6 Å². The summed E-state index contributed by atoms with van der Waals surface area (Å²) in [6, 6.07) is 15.7. The van der Waals surface area contributed by atoms with Crippen molar-refractivity contribution in [2.75, 3.05) is 6.61 Å². The second-order valence-corrected chi connectivity index (χ2v) is 8.95. The van der Waals surface area contributed by atoms with E-state index in [1.54, 1.807) is 0 Å². The topological polar surface area (TPSA) is 105 Å². The fraction of sp³-hybridized carbons (Fsp3) is 0.400. The number of nitrogens with one attached hydrogen (secondary N) is 2. The molecule has 2 aliphatic carbocycles. The first kappa shape index (κ1) is 21.9. The van der Waals surface area contributed by atoms with Gasteiger partial charge in [-0.1, -0.05) is 62.4 Å². The van der Waals surface area contributed by atoms with Gasteiger partial charge in [-0.3, -0.25) is 9.59 Å². The van der Waals surface area contributed by atoms with Gasteiger partial charge < -0.3 is 20.5 Å². The number of amides is 2. The highest BCUT2D eigenvalue weighted by molar-refractivity contribution is 5.93. The largest absolute Gasteiger partial charge is 0.481 e. The molecule has 1 fully saturated rings. The van der Waals surface area contributed by atoms with Crippen molar-refractivity contribution in [3.8, 4) is 11.1 Å². The summed E-state index contributed by atoms with van der Waals surface area (Å²) in [5.41, 5.74) is 3.51. The number of carbonyl (C=O) groups excluding carboxylic acids is 2. The van der Waals surface area contributed by atoms with E-state index in [9.17, 15) is 14.4 Å². The lowest BCUT2D eigenvalue weighted by Crippen LogP contribution is -2.53.